The van der Waals surface area contributed by atoms with Crippen LogP contribution in [0.3, 0.4) is 0 Å². The minimum atomic E-state index is -1.28. The van der Waals surface area contributed by atoms with Crippen molar-refractivity contribution < 1.29 is 39.9 Å². The van der Waals surface area contributed by atoms with Crippen LogP contribution in [-0.4, -0.2) is 55.4 Å². The number of carboxylic acids is 1. The molecule has 194 valence electrons. The molecule has 3 rings (SSSR count). The maximum absolute atomic E-state index is 13.1. The molecule has 3 aromatic rings. The lowest BCUT2D eigenvalue weighted by Crippen LogP contribution is -2.53. The third kappa shape index (κ3) is 8.17. The topological polar surface area (TPSA) is 176 Å². The quantitative estimate of drug-likeness (QED) is 0.192. The van der Waals surface area contributed by atoms with Gasteiger partial charge in [-0.05, 0) is 59.5 Å². The van der Waals surface area contributed by atoms with Crippen LogP contribution < -0.4 is 10.6 Å². The number of aromatic hydroxyl groups is 4. The Morgan fingerprint density at radius 3 is 1.68 bits per heavy atom. The molecule has 0 heterocycles. The van der Waals surface area contributed by atoms with Crippen molar-refractivity contribution >= 4 is 17.8 Å². The summed E-state index contributed by atoms with van der Waals surface area (Å²) in [7, 11) is 0. The average Bonchev–Trinajstić information content (AvgIpc) is 2.86. The van der Waals surface area contributed by atoms with E-state index in [9.17, 15) is 39.9 Å². The zero-order valence-electron chi connectivity index (χ0n) is 19.8. The van der Waals surface area contributed by atoms with Crippen LogP contribution in [0.5, 0.6) is 23.0 Å². The van der Waals surface area contributed by atoms with Crippen LogP contribution in [-0.2, 0) is 33.6 Å². The van der Waals surface area contributed by atoms with E-state index in [0.29, 0.717) is 16.7 Å². The van der Waals surface area contributed by atoms with Crippen molar-refractivity contribution in [2.45, 2.75) is 37.8 Å². The molecule has 0 aliphatic carbocycles. The fourth-order valence-electron chi connectivity index (χ4n) is 3.67. The summed E-state index contributed by atoms with van der Waals surface area (Å²) in [5.41, 5.74) is 1.82. The number of carbonyl (C=O) groups excluding carboxylic acids is 2. The highest BCUT2D eigenvalue weighted by Crippen LogP contribution is 2.25. The number of carboxylic acid groups (broad SMARTS) is 1. The molecule has 0 bridgehead atoms. The standard InChI is InChI=1S/C27H28N2O8/c30-19-7-1-16(2-8-19)13-21(28-25(34)12-6-18-5-11-23(32)24(33)15-18)26(35)29-22(27(36)37)14-17-3-9-20(31)10-4-17/h1-5,7-11,15,21-22,30-33H,6,12-14H2,(H,28,34)(H,29,35)(H,36,37)/t21-,22-/m0/s1. The lowest BCUT2D eigenvalue weighted by atomic mass is 10.0. The van der Waals surface area contributed by atoms with Gasteiger partial charge in [0.1, 0.15) is 23.6 Å². The highest BCUT2D eigenvalue weighted by molar-refractivity contribution is 5.90. The number of hydrogen-bond donors (Lipinski definition) is 7. The molecule has 10 nitrogen and oxygen atoms in total. The van der Waals surface area contributed by atoms with Crippen LogP contribution in [0.2, 0.25) is 0 Å². The first kappa shape index (κ1) is 26.9. The van der Waals surface area contributed by atoms with Crippen molar-refractivity contribution in [1.82, 2.24) is 10.6 Å². The first-order chi connectivity index (χ1) is 17.6. The van der Waals surface area contributed by atoms with Gasteiger partial charge in [0.05, 0.1) is 0 Å². The Hall–Kier alpha value is -4.73. The van der Waals surface area contributed by atoms with Crippen LogP contribution in [0, 0.1) is 0 Å². The van der Waals surface area contributed by atoms with Gasteiger partial charge in [0.25, 0.3) is 0 Å². The monoisotopic (exact) mass is 508 g/mol. The molecular formula is C27H28N2O8. The molecule has 37 heavy (non-hydrogen) atoms. The van der Waals surface area contributed by atoms with Crippen molar-refractivity contribution in [3.05, 3.63) is 83.4 Å². The van der Waals surface area contributed by atoms with E-state index in [1.165, 1.54) is 36.4 Å². The Labute approximate surface area is 212 Å². The molecule has 0 fully saturated rings. The molecule has 2 atom stereocenters. The molecule has 3 aromatic carbocycles. The second-order valence-electron chi connectivity index (χ2n) is 8.58. The third-order valence-electron chi connectivity index (χ3n) is 5.70. The van der Waals surface area contributed by atoms with Crippen molar-refractivity contribution in [2.75, 3.05) is 0 Å². The molecule has 0 aliphatic heterocycles. The fourth-order valence-corrected chi connectivity index (χ4v) is 3.67. The number of nitrogens with one attached hydrogen (secondary N) is 2. The largest absolute Gasteiger partial charge is 0.508 e. The van der Waals surface area contributed by atoms with Gasteiger partial charge in [0.15, 0.2) is 11.5 Å². The third-order valence-corrected chi connectivity index (χ3v) is 5.70. The Balaban J connectivity index is 1.71. The Kier molecular flexibility index (Phi) is 8.93. The van der Waals surface area contributed by atoms with Crippen molar-refractivity contribution in [3.8, 4) is 23.0 Å². The number of aliphatic carboxylic acids is 1. The van der Waals surface area contributed by atoms with Gasteiger partial charge >= 0.3 is 5.97 Å². The summed E-state index contributed by atoms with van der Waals surface area (Å²) >= 11 is 0. The zero-order valence-corrected chi connectivity index (χ0v) is 19.8. The summed E-state index contributed by atoms with van der Waals surface area (Å²) < 4.78 is 0. The number of hydrogen-bond acceptors (Lipinski definition) is 7. The molecule has 0 aromatic heterocycles. The maximum atomic E-state index is 13.1. The Bertz CT molecular complexity index is 1240. The number of rotatable bonds is 11. The SMILES string of the molecule is O=C(CCc1ccc(O)c(O)c1)N[C@@H](Cc1ccc(O)cc1)C(=O)N[C@@H](Cc1ccc(O)cc1)C(=O)O. The molecule has 0 radical (unpaired) electrons. The van der Waals surface area contributed by atoms with Crippen molar-refractivity contribution in [2.24, 2.45) is 0 Å². The number of carbonyl (C=O) groups is 3. The van der Waals surface area contributed by atoms with E-state index >= 15 is 0 Å². The minimum Gasteiger partial charge on any atom is -0.508 e. The van der Waals surface area contributed by atoms with Gasteiger partial charge < -0.3 is 36.2 Å². The fraction of sp³-hybridized carbons (Fsp3) is 0.222. The zero-order chi connectivity index (χ0) is 26.9. The summed E-state index contributed by atoms with van der Waals surface area (Å²) in [6.07, 6.45) is 0.209. The number of phenolic OH excluding ortho intramolecular Hbond substituents is 4. The van der Waals surface area contributed by atoms with Gasteiger partial charge in [0.2, 0.25) is 11.8 Å². The summed E-state index contributed by atoms with van der Waals surface area (Å²) in [5.74, 6) is -2.96. The predicted octanol–water partition coefficient (Wildman–Crippen LogP) is 1.98. The lowest BCUT2D eigenvalue weighted by molar-refractivity contribution is -0.142. The Morgan fingerprint density at radius 2 is 1.16 bits per heavy atom. The summed E-state index contributed by atoms with van der Waals surface area (Å²) in [5, 5.41) is 52.8. The number of benzene rings is 3. The molecule has 0 saturated carbocycles. The van der Waals surface area contributed by atoms with Crippen LogP contribution in [0.15, 0.2) is 66.7 Å². The lowest BCUT2D eigenvalue weighted by Gasteiger charge is -2.22. The van der Waals surface area contributed by atoms with Gasteiger partial charge in [-0.3, -0.25) is 9.59 Å². The molecule has 2 amide bonds. The van der Waals surface area contributed by atoms with E-state index in [1.807, 2.05) is 0 Å². The molecule has 0 aliphatic rings. The van der Waals surface area contributed by atoms with E-state index in [0.717, 1.165) is 0 Å². The van der Waals surface area contributed by atoms with Gasteiger partial charge in [0, 0.05) is 19.3 Å². The van der Waals surface area contributed by atoms with E-state index in [-0.39, 0.29) is 48.7 Å². The maximum Gasteiger partial charge on any atom is 0.326 e. The number of phenols is 4. The van der Waals surface area contributed by atoms with Gasteiger partial charge in [-0.2, -0.15) is 0 Å². The van der Waals surface area contributed by atoms with Crippen molar-refractivity contribution in [3.63, 3.8) is 0 Å². The normalized spacial score (nSPS) is 12.3. The van der Waals surface area contributed by atoms with Gasteiger partial charge in [-0.25, -0.2) is 4.79 Å². The second kappa shape index (κ2) is 12.3. The second-order valence-corrected chi connectivity index (χ2v) is 8.58. The molecule has 0 saturated heterocycles. The van der Waals surface area contributed by atoms with Crippen LogP contribution >= 0.6 is 0 Å². The first-order valence-corrected chi connectivity index (χ1v) is 11.5. The smallest absolute Gasteiger partial charge is 0.326 e. The summed E-state index contributed by atoms with van der Waals surface area (Å²) in [6, 6.07) is 13.8. The minimum absolute atomic E-state index is 0.0267. The average molecular weight is 509 g/mol. The molecule has 0 spiro atoms. The van der Waals surface area contributed by atoms with Crippen molar-refractivity contribution in [1.29, 1.82) is 0 Å². The molecule has 10 heteroatoms. The van der Waals surface area contributed by atoms with E-state index in [2.05, 4.69) is 10.6 Å². The first-order valence-electron chi connectivity index (χ1n) is 11.5. The summed E-state index contributed by atoms with van der Waals surface area (Å²) in [4.78, 5) is 37.7. The predicted molar refractivity (Wildman–Crippen MR) is 133 cm³/mol. The Morgan fingerprint density at radius 1 is 0.649 bits per heavy atom. The van der Waals surface area contributed by atoms with E-state index < -0.39 is 29.9 Å². The molecular weight excluding hydrogens is 480 g/mol. The molecule has 0 unspecified atom stereocenters. The van der Waals surface area contributed by atoms with Crippen LogP contribution in [0.1, 0.15) is 23.1 Å². The van der Waals surface area contributed by atoms with E-state index in [4.69, 9.17) is 0 Å². The number of aryl methyl sites for hydroxylation is 1. The van der Waals surface area contributed by atoms with Gasteiger partial charge in [-0.1, -0.05) is 30.3 Å². The highest BCUT2D eigenvalue weighted by Gasteiger charge is 2.27. The van der Waals surface area contributed by atoms with Crippen LogP contribution in [0.4, 0.5) is 0 Å². The van der Waals surface area contributed by atoms with Crippen LogP contribution in [0.25, 0.3) is 0 Å². The summed E-state index contributed by atoms with van der Waals surface area (Å²) in [6.45, 7) is 0. The van der Waals surface area contributed by atoms with Gasteiger partial charge in [-0.15, -0.1) is 0 Å². The number of amides is 2. The van der Waals surface area contributed by atoms with E-state index in [1.54, 1.807) is 30.3 Å². The highest BCUT2D eigenvalue weighted by atomic mass is 16.4. The molecule has 7 N–H and O–H groups in total.